The molecule has 0 aliphatic carbocycles. The summed E-state index contributed by atoms with van der Waals surface area (Å²) in [7, 11) is 0. The molecule has 2 aliphatic rings. The van der Waals surface area contributed by atoms with E-state index < -0.39 is 5.97 Å². The van der Waals surface area contributed by atoms with Gasteiger partial charge in [-0.1, -0.05) is 12.8 Å². The smallest absolute Gasteiger partial charge is 0.320 e. The molecular formula is C14H25N3O3. The number of amides is 2. The van der Waals surface area contributed by atoms with Gasteiger partial charge in [-0.3, -0.25) is 9.69 Å². The highest BCUT2D eigenvalue weighted by Crippen LogP contribution is 2.13. The van der Waals surface area contributed by atoms with Crippen molar-refractivity contribution in [3.05, 3.63) is 0 Å². The summed E-state index contributed by atoms with van der Waals surface area (Å²) < 4.78 is 0. The number of urea groups is 1. The number of nitrogens with zero attached hydrogens (tertiary/aromatic N) is 3. The lowest BCUT2D eigenvalue weighted by Crippen LogP contribution is -2.45. The van der Waals surface area contributed by atoms with Crippen LogP contribution >= 0.6 is 0 Å². The van der Waals surface area contributed by atoms with Crippen LogP contribution in [0, 0.1) is 0 Å². The van der Waals surface area contributed by atoms with E-state index in [-0.39, 0.29) is 12.6 Å². The molecule has 0 atom stereocenters. The molecule has 2 fully saturated rings. The third kappa shape index (κ3) is 4.37. The number of carbonyl (C=O) groups is 2. The Morgan fingerprint density at radius 3 is 2.00 bits per heavy atom. The first-order chi connectivity index (χ1) is 9.66. The number of hydrogen-bond donors (Lipinski definition) is 1. The highest BCUT2D eigenvalue weighted by atomic mass is 16.4. The van der Waals surface area contributed by atoms with Gasteiger partial charge in [0.05, 0.1) is 6.54 Å². The molecule has 114 valence electrons. The fourth-order valence-electron chi connectivity index (χ4n) is 2.97. The average molecular weight is 283 g/mol. The lowest BCUT2D eigenvalue weighted by atomic mass is 10.2. The van der Waals surface area contributed by atoms with E-state index in [2.05, 4.69) is 0 Å². The number of hydrogen-bond acceptors (Lipinski definition) is 3. The number of rotatable bonds is 2. The summed E-state index contributed by atoms with van der Waals surface area (Å²) in [6.45, 7) is 4.62. The summed E-state index contributed by atoms with van der Waals surface area (Å²) in [6.07, 6.45) is 5.49. The van der Waals surface area contributed by atoms with Gasteiger partial charge in [-0.05, 0) is 19.3 Å². The molecule has 2 amide bonds. The summed E-state index contributed by atoms with van der Waals surface area (Å²) in [5.74, 6) is -0.794. The van der Waals surface area contributed by atoms with Crippen LogP contribution < -0.4 is 0 Å². The van der Waals surface area contributed by atoms with Gasteiger partial charge < -0.3 is 14.9 Å². The number of aliphatic carboxylic acids is 1. The molecule has 2 rings (SSSR count). The number of carboxylic acids is 1. The second-order valence-corrected chi connectivity index (χ2v) is 5.69. The molecule has 0 unspecified atom stereocenters. The van der Waals surface area contributed by atoms with Gasteiger partial charge in [0, 0.05) is 39.3 Å². The zero-order valence-electron chi connectivity index (χ0n) is 12.1. The molecule has 0 aromatic carbocycles. The summed E-state index contributed by atoms with van der Waals surface area (Å²) >= 11 is 0. The Bertz CT molecular complexity index is 341. The highest BCUT2D eigenvalue weighted by Gasteiger charge is 2.24. The zero-order chi connectivity index (χ0) is 14.4. The van der Waals surface area contributed by atoms with E-state index in [4.69, 9.17) is 5.11 Å². The maximum Gasteiger partial charge on any atom is 0.320 e. The van der Waals surface area contributed by atoms with Crippen molar-refractivity contribution < 1.29 is 14.7 Å². The summed E-state index contributed by atoms with van der Waals surface area (Å²) in [5.41, 5.74) is 0. The molecule has 6 nitrogen and oxygen atoms in total. The second kappa shape index (κ2) is 7.47. The van der Waals surface area contributed by atoms with Crippen LogP contribution in [-0.4, -0.2) is 77.6 Å². The average Bonchev–Trinajstić information content (AvgIpc) is 2.80. The van der Waals surface area contributed by atoms with Crippen LogP contribution in [0.1, 0.15) is 32.1 Å². The minimum atomic E-state index is -0.794. The second-order valence-electron chi connectivity index (χ2n) is 5.69. The minimum Gasteiger partial charge on any atom is -0.480 e. The Kier molecular flexibility index (Phi) is 5.64. The Labute approximate surface area is 120 Å². The monoisotopic (exact) mass is 283 g/mol. The fraction of sp³-hybridized carbons (Fsp3) is 0.857. The molecule has 6 heteroatoms. The number of carbonyl (C=O) groups excluding carboxylic acids is 1. The van der Waals surface area contributed by atoms with E-state index in [1.165, 1.54) is 12.8 Å². The van der Waals surface area contributed by atoms with Crippen molar-refractivity contribution in [2.45, 2.75) is 32.1 Å². The molecule has 0 aromatic rings. The SMILES string of the molecule is O=C(O)CN1CCCN(C(=O)N2CCCCCC2)CC1. The standard InChI is InChI=1S/C14H25N3O3/c18-13(19)12-15-6-5-9-17(11-10-15)14(20)16-7-3-1-2-4-8-16/h1-12H2,(H,18,19). The molecule has 0 radical (unpaired) electrons. The lowest BCUT2D eigenvalue weighted by Gasteiger charge is -2.29. The summed E-state index contributed by atoms with van der Waals surface area (Å²) in [6, 6.07) is 0.143. The van der Waals surface area contributed by atoms with Crippen LogP contribution in [0.3, 0.4) is 0 Å². The van der Waals surface area contributed by atoms with Gasteiger partial charge in [0.15, 0.2) is 0 Å². The Balaban J connectivity index is 1.85. The maximum absolute atomic E-state index is 12.5. The Morgan fingerprint density at radius 1 is 0.750 bits per heavy atom. The van der Waals surface area contributed by atoms with Crippen molar-refractivity contribution in [1.29, 1.82) is 0 Å². The van der Waals surface area contributed by atoms with Gasteiger partial charge in [-0.2, -0.15) is 0 Å². The highest BCUT2D eigenvalue weighted by molar-refractivity contribution is 5.74. The number of likely N-dealkylation sites (tertiary alicyclic amines) is 1. The normalized spacial score (nSPS) is 22.2. The topological polar surface area (TPSA) is 64.1 Å². The molecule has 1 N–H and O–H groups in total. The predicted molar refractivity (Wildman–Crippen MR) is 75.7 cm³/mol. The van der Waals surface area contributed by atoms with Crippen LogP contribution in [0.15, 0.2) is 0 Å². The van der Waals surface area contributed by atoms with Gasteiger partial charge in [0.1, 0.15) is 0 Å². The first-order valence-corrected chi connectivity index (χ1v) is 7.65. The van der Waals surface area contributed by atoms with Gasteiger partial charge in [-0.15, -0.1) is 0 Å². The quantitative estimate of drug-likeness (QED) is 0.823. The van der Waals surface area contributed by atoms with Gasteiger partial charge >= 0.3 is 12.0 Å². The molecule has 0 saturated carbocycles. The first kappa shape index (κ1) is 15.1. The molecule has 20 heavy (non-hydrogen) atoms. The predicted octanol–water partition coefficient (Wildman–Crippen LogP) is 1.07. The van der Waals surface area contributed by atoms with Crippen molar-refractivity contribution >= 4 is 12.0 Å². The van der Waals surface area contributed by atoms with Crippen LogP contribution in [0.4, 0.5) is 4.79 Å². The Hall–Kier alpha value is -1.30. The first-order valence-electron chi connectivity index (χ1n) is 7.65. The third-order valence-electron chi connectivity index (χ3n) is 4.09. The van der Waals surface area contributed by atoms with Crippen molar-refractivity contribution in [3.8, 4) is 0 Å². The summed E-state index contributed by atoms with van der Waals surface area (Å²) in [5, 5.41) is 8.84. The molecule has 0 aromatic heterocycles. The molecule has 2 heterocycles. The van der Waals surface area contributed by atoms with Gasteiger partial charge in [0.2, 0.25) is 0 Å². The summed E-state index contributed by atoms with van der Waals surface area (Å²) in [4.78, 5) is 29.0. The third-order valence-corrected chi connectivity index (χ3v) is 4.09. The maximum atomic E-state index is 12.5. The van der Waals surface area contributed by atoms with E-state index in [9.17, 15) is 9.59 Å². The lowest BCUT2D eigenvalue weighted by molar-refractivity contribution is -0.138. The number of carboxylic acid groups (broad SMARTS) is 1. The van der Waals surface area contributed by atoms with Crippen LogP contribution in [-0.2, 0) is 4.79 Å². The molecule has 2 aliphatic heterocycles. The van der Waals surface area contributed by atoms with Crippen molar-refractivity contribution in [1.82, 2.24) is 14.7 Å². The van der Waals surface area contributed by atoms with Crippen molar-refractivity contribution in [2.75, 3.05) is 45.8 Å². The van der Waals surface area contributed by atoms with E-state index in [0.29, 0.717) is 13.1 Å². The van der Waals surface area contributed by atoms with E-state index >= 15 is 0 Å². The molecular weight excluding hydrogens is 258 g/mol. The van der Waals surface area contributed by atoms with E-state index in [1.807, 2.05) is 14.7 Å². The minimum absolute atomic E-state index is 0.0751. The van der Waals surface area contributed by atoms with Crippen LogP contribution in [0.2, 0.25) is 0 Å². The fourth-order valence-corrected chi connectivity index (χ4v) is 2.97. The van der Waals surface area contributed by atoms with Gasteiger partial charge in [0.25, 0.3) is 0 Å². The largest absolute Gasteiger partial charge is 0.480 e. The molecule has 0 spiro atoms. The zero-order valence-corrected chi connectivity index (χ0v) is 12.1. The van der Waals surface area contributed by atoms with E-state index in [1.54, 1.807) is 0 Å². The van der Waals surface area contributed by atoms with Gasteiger partial charge in [-0.25, -0.2) is 4.79 Å². The molecule has 2 saturated heterocycles. The van der Waals surface area contributed by atoms with Crippen molar-refractivity contribution in [2.24, 2.45) is 0 Å². The van der Waals surface area contributed by atoms with Crippen LogP contribution in [0.25, 0.3) is 0 Å². The van der Waals surface area contributed by atoms with E-state index in [0.717, 1.165) is 45.4 Å². The van der Waals surface area contributed by atoms with Crippen molar-refractivity contribution in [3.63, 3.8) is 0 Å². The molecule has 0 bridgehead atoms. The van der Waals surface area contributed by atoms with Crippen LogP contribution in [0.5, 0.6) is 0 Å². The Morgan fingerprint density at radius 2 is 1.35 bits per heavy atom.